The SMILES string of the molecule is COCOc1cc(OC)c(C=O)c(C(=O)OC)c1. The molecule has 0 heterocycles. The van der Waals surface area contributed by atoms with Crippen molar-refractivity contribution in [1.29, 1.82) is 0 Å². The standard InChI is InChI=1S/C12H14O6/c1-15-7-18-8-4-9(12(14)17-3)10(6-13)11(5-8)16-2/h4-6H,7H2,1-3H3. The van der Waals surface area contributed by atoms with E-state index in [1.165, 1.54) is 33.5 Å². The topological polar surface area (TPSA) is 71.1 Å². The lowest BCUT2D eigenvalue weighted by molar-refractivity contribution is 0.0501. The number of methoxy groups -OCH3 is 3. The molecule has 0 aromatic heterocycles. The van der Waals surface area contributed by atoms with E-state index in [4.69, 9.17) is 14.2 Å². The van der Waals surface area contributed by atoms with E-state index in [-0.39, 0.29) is 23.7 Å². The van der Waals surface area contributed by atoms with Crippen LogP contribution < -0.4 is 9.47 Å². The van der Waals surface area contributed by atoms with E-state index in [9.17, 15) is 9.59 Å². The highest BCUT2D eigenvalue weighted by atomic mass is 16.7. The first kappa shape index (κ1) is 14.0. The number of benzene rings is 1. The Bertz CT molecular complexity index is 440. The molecule has 0 bridgehead atoms. The van der Waals surface area contributed by atoms with E-state index in [2.05, 4.69) is 4.74 Å². The van der Waals surface area contributed by atoms with Crippen LogP contribution in [0.15, 0.2) is 12.1 Å². The molecule has 0 aliphatic rings. The smallest absolute Gasteiger partial charge is 0.338 e. The lowest BCUT2D eigenvalue weighted by Gasteiger charge is -2.12. The van der Waals surface area contributed by atoms with Gasteiger partial charge in [-0.1, -0.05) is 0 Å². The predicted octanol–water partition coefficient (Wildman–Crippen LogP) is 1.28. The van der Waals surface area contributed by atoms with E-state index in [1.54, 1.807) is 0 Å². The number of hydrogen-bond donors (Lipinski definition) is 0. The summed E-state index contributed by atoms with van der Waals surface area (Å²) in [4.78, 5) is 22.6. The van der Waals surface area contributed by atoms with Crippen LogP contribution in [0, 0.1) is 0 Å². The zero-order valence-corrected chi connectivity index (χ0v) is 10.4. The van der Waals surface area contributed by atoms with E-state index in [0.29, 0.717) is 12.0 Å². The molecule has 0 aliphatic heterocycles. The molecule has 0 radical (unpaired) electrons. The van der Waals surface area contributed by atoms with Gasteiger partial charge in [-0.05, 0) is 6.07 Å². The summed E-state index contributed by atoms with van der Waals surface area (Å²) >= 11 is 0. The fraction of sp³-hybridized carbons (Fsp3) is 0.333. The molecule has 1 aromatic carbocycles. The van der Waals surface area contributed by atoms with Crippen LogP contribution in [0.1, 0.15) is 20.7 Å². The summed E-state index contributed by atoms with van der Waals surface area (Å²) in [6.45, 7) is 0.0181. The molecular weight excluding hydrogens is 240 g/mol. The van der Waals surface area contributed by atoms with Crippen molar-refractivity contribution in [2.24, 2.45) is 0 Å². The Balaban J connectivity index is 3.26. The van der Waals surface area contributed by atoms with Gasteiger partial charge >= 0.3 is 5.97 Å². The molecule has 0 spiro atoms. The molecule has 0 saturated heterocycles. The second-order valence-electron chi connectivity index (χ2n) is 3.25. The predicted molar refractivity (Wildman–Crippen MR) is 62.2 cm³/mol. The highest BCUT2D eigenvalue weighted by molar-refractivity contribution is 6.00. The first-order valence-corrected chi connectivity index (χ1v) is 5.05. The van der Waals surface area contributed by atoms with Gasteiger partial charge in [0.05, 0.1) is 25.3 Å². The van der Waals surface area contributed by atoms with Crippen LogP contribution in [-0.2, 0) is 9.47 Å². The van der Waals surface area contributed by atoms with E-state index < -0.39 is 5.97 Å². The third-order valence-corrected chi connectivity index (χ3v) is 2.20. The largest absolute Gasteiger partial charge is 0.496 e. The quantitative estimate of drug-likeness (QED) is 0.432. The fourth-order valence-corrected chi connectivity index (χ4v) is 1.38. The molecule has 0 N–H and O–H groups in total. The average molecular weight is 254 g/mol. The zero-order valence-electron chi connectivity index (χ0n) is 10.4. The molecule has 18 heavy (non-hydrogen) atoms. The number of carbonyl (C=O) groups is 2. The van der Waals surface area contributed by atoms with Crippen LogP contribution in [0.3, 0.4) is 0 Å². The van der Waals surface area contributed by atoms with Gasteiger partial charge in [0.15, 0.2) is 13.1 Å². The molecule has 6 heteroatoms. The Kier molecular flexibility index (Phi) is 5.13. The van der Waals surface area contributed by atoms with E-state index in [0.717, 1.165) is 0 Å². The van der Waals surface area contributed by atoms with Gasteiger partial charge < -0.3 is 18.9 Å². The van der Waals surface area contributed by atoms with Gasteiger partial charge in [-0.2, -0.15) is 0 Å². The third kappa shape index (κ3) is 2.98. The zero-order chi connectivity index (χ0) is 13.5. The highest BCUT2D eigenvalue weighted by Gasteiger charge is 2.18. The second kappa shape index (κ2) is 6.61. The summed E-state index contributed by atoms with van der Waals surface area (Å²) in [7, 11) is 4.09. The first-order valence-electron chi connectivity index (χ1n) is 5.05. The van der Waals surface area contributed by atoms with Gasteiger partial charge in [0.2, 0.25) is 0 Å². The molecule has 0 fully saturated rings. The molecule has 0 atom stereocenters. The van der Waals surface area contributed by atoms with Crippen LogP contribution >= 0.6 is 0 Å². The van der Waals surface area contributed by atoms with Crippen molar-refractivity contribution in [3.63, 3.8) is 0 Å². The number of hydrogen-bond acceptors (Lipinski definition) is 6. The first-order chi connectivity index (χ1) is 8.67. The fourth-order valence-electron chi connectivity index (χ4n) is 1.38. The maximum Gasteiger partial charge on any atom is 0.338 e. The van der Waals surface area contributed by atoms with Crippen molar-refractivity contribution >= 4 is 12.3 Å². The van der Waals surface area contributed by atoms with Gasteiger partial charge in [0.1, 0.15) is 11.5 Å². The summed E-state index contributed by atoms with van der Waals surface area (Å²) in [6.07, 6.45) is 0.533. The van der Waals surface area contributed by atoms with Crippen LogP contribution in [0.4, 0.5) is 0 Å². The highest BCUT2D eigenvalue weighted by Crippen LogP contribution is 2.28. The van der Waals surface area contributed by atoms with Crippen molar-refractivity contribution in [2.75, 3.05) is 28.1 Å². The van der Waals surface area contributed by atoms with Crippen LogP contribution in [0.5, 0.6) is 11.5 Å². The van der Waals surface area contributed by atoms with Gasteiger partial charge in [0.25, 0.3) is 0 Å². The van der Waals surface area contributed by atoms with Crippen LogP contribution in [-0.4, -0.2) is 40.4 Å². The number of rotatable bonds is 6. The van der Waals surface area contributed by atoms with Crippen LogP contribution in [0.25, 0.3) is 0 Å². The van der Waals surface area contributed by atoms with Crippen molar-refractivity contribution in [1.82, 2.24) is 0 Å². The normalized spacial score (nSPS) is 9.72. The summed E-state index contributed by atoms with van der Waals surface area (Å²) in [5, 5.41) is 0. The third-order valence-electron chi connectivity index (χ3n) is 2.20. The molecule has 0 saturated carbocycles. The molecule has 98 valence electrons. The Labute approximate surface area is 104 Å². The van der Waals surface area contributed by atoms with Crippen LogP contribution in [0.2, 0.25) is 0 Å². The van der Waals surface area contributed by atoms with E-state index in [1.807, 2.05) is 0 Å². The minimum Gasteiger partial charge on any atom is -0.496 e. The maximum atomic E-state index is 11.6. The van der Waals surface area contributed by atoms with E-state index >= 15 is 0 Å². The Morgan fingerprint density at radius 3 is 2.50 bits per heavy atom. The molecular formula is C12H14O6. The van der Waals surface area contributed by atoms with Gasteiger partial charge in [-0.15, -0.1) is 0 Å². The number of aldehydes is 1. The lowest BCUT2D eigenvalue weighted by atomic mass is 10.1. The second-order valence-corrected chi connectivity index (χ2v) is 3.25. The molecule has 0 amide bonds. The summed E-state index contributed by atoms with van der Waals surface area (Å²) in [5.74, 6) is -0.0584. The van der Waals surface area contributed by atoms with Crippen molar-refractivity contribution < 1.29 is 28.5 Å². The van der Waals surface area contributed by atoms with Crippen molar-refractivity contribution in [3.8, 4) is 11.5 Å². The summed E-state index contributed by atoms with van der Waals surface area (Å²) in [5.41, 5.74) is 0.201. The minimum atomic E-state index is -0.640. The average Bonchev–Trinajstić information content (AvgIpc) is 2.42. The van der Waals surface area contributed by atoms with Gasteiger partial charge in [0, 0.05) is 13.2 Å². The number of carbonyl (C=O) groups excluding carboxylic acids is 2. The lowest BCUT2D eigenvalue weighted by Crippen LogP contribution is -2.08. The Morgan fingerprint density at radius 1 is 1.28 bits per heavy atom. The minimum absolute atomic E-state index is 0.0181. The Hall–Kier alpha value is -2.08. The molecule has 6 nitrogen and oxygen atoms in total. The van der Waals surface area contributed by atoms with Crippen molar-refractivity contribution in [3.05, 3.63) is 23.3 Å². The van der Waals surface area contributed by atoms with Gasteiger partial charge in [-0.25, -0.2) is 4.79 Å². The summed E-state index contributed by atoms with van der Waals surface area (Å²) in [6, 6.07) is 2.90. The van der Waals surface area contributed by atoms with Gasteiger partial charge in [-0.3, -0.25) is 4.79 Å². The van der Waals surface area contributed by atoms with Crippen molar-refractivity contribution in [2.45, 2.75) is 0 Å². The number of ether oxygens (including phenoxy) is 4. The molecule has 0 unspecified atom stereocenters. The summed E-state index contributed by atoms with van der Waals surface area (Å²) < 4.78 is 19.6. The molecule has 0 aliphatic carbocycles. The number of esters is 1. The Morgan fingerprint density at radius 2 is 2.00 bits per heavy atom. The maximum absolute atomic E-state index is 11.6. The molecule has 1 aromatic rings. The molecule has 1 rings (SSSR count). The monoisotopic (exact) mass is 254 g/mol.